The summed E-state index contributed by atoms with van der Waals surface area (Å²) in [6, 6.07) is 0. The lowest BCUT2D eigenvalue weighted by atomic mass is 9.85. The first-order valence-electron chi connectivity index (χ1n) is 6.10. The summed E-state index contributed by atoms with van der Waals surface area (Å²) in [4.78, 5) is 0. The molecule has 4 heteroatoms. The van der Waals surface area contributed by atoms with Crippen LogP contribution in [0.2, 0.25) is 0 Å². The minimum absolute atomic E-state index is 0.243. The van der Waals surface area contributed by atoms with Crippen LogP contribution in [-0.4, -0.2) is 24.8 Å². The van der Waals surface area contributed by atoms with Gasteiger partial charge in [-0.15, -0.1) is 0 Å². The van der Waals surface area contributed by atoms with Crippen LogP contribution in [0, 0.1) is 5.41 Å². The maximum atomic E-state index is 13.0. The van der Waals surface area contributed by atoms with E-state index in [0.29, 0.717) is 5.41 Å². The minimum Gasteiger partial charge on any atom is -0.354 e. The molecule has 2 fully saturated rings. The van der Waals surface area contributed by atoms with Gasteiger partial charge in [0.25, 0.3) is 5.92 Å². The lowest BCUT2D eigenvalue weighted by Crippen LogP contribution is -2.59. The number of nitrogens with one attached hydrogen (secondary N) is 1. The van der Waals surface area contributed by atoms with Gasteiger partial charge in [0.2, 0.25) is 0 Å². The molecule has 16 heavy (non-hydrogen) atoms. The molecule has 1 heterocycles. The molecule has 1 atom stereocenters. The summed E-state index contributed by atoms with van der Waals surface area (Å²) in [6.45, 7) is 3.81. The van der Waals surface area contributed by atoms with Gasteiger partial charge >= 0.3 is 0 Å². The predicted molar refractivity (Wildman–Crippen MR) is 58.5 cm³/mol. The zero-order chi connectivity index (χ0) is 11.9. The van der Waals surface area contributed by atoms with E-state index in [2.05, 4.69) is 19.2 Å². The van der Waals surface area contributed by atoms with E-state index in [1.54, 1.807) is 0 Å². The maximum Gasteiger partial charge on any atom is 0.283 e. The molecule has 94 valence electrons. The molecule has 1 aliphatic carbocycles. The molecule has 2 rings (SSSR count). The Bertz CT molecular complexity index is 256. The molecular formula is C12H21F2NO. The minimum atomic E-state index is -2.70. The van der Waals surface area contributed by atoms with E-state index in [1.807, 2.05) is 0 Å². The Morgan fingerprint density at radius 2 is 1.81 bits per heavy atom. The summed E-state index contributed by atoms with van der Waals surface area (Å²) in [7, 11) is 0. The number of ether oxygens (including phenoxy) is 1. The van der Waals surface area contributed by atoms with E-state index in [1.165, 1.54) is 0 Å². The fraction of sp³-hybridized carbons (Fsp3) is 1.00. The molecule has 2 aliphatic rings. The maximum absolute atomic E-state index is 13.0. The fourth-order valence-electron chi connectivity index (χ4n) is 2.60. The average Bonchev–Trinajstić information content (AvgIpc) is 2.33. The SMILES string of the molecule is CC1(C)CCCC2(CC1)NCC(F)(F)CO2. The highest BCUT2D eigenvalue weighted by Crippen LogP contribution is 2.40. The Labute approximate surface area is 95.7 Å². The summed E-state index contributed by atoms with van der Waals surface area (Å²) < 4.78 is 31.5. The first-order valence-corrected chi connectivity index (χ1v) is 6.10. The van der Waals surface area contributed by atoms with Crippen LogP contribution in [0.5, 0.6) is 0 Å². The summed E-state index contributed by atoms with van der Waals surface area (Å²) in [5.41, 5.74) is -0.163. The van der Waals surface area contributed by atoms with Crippen molar-refractivity contribution >= 4 is 0 Å². The Hall–Kier alpha value is -0.220. The van der Waals surface area contributed by atoms with E-state index in [-0.39, 0.29) is 6.54 Å². The largest absolute Gasteiger partial charge is 0.354 e. The highest BCUT2D eigenvalue weighted by Gasteiger charge is 2.45. The first kappa shape index (κ1) is 12.2. The van der Waals surface area contributed by atoms with Gasteiger partial charge in [-0.3, -0.25) is 5.32 Å². The summed E-state index contributed by atoms with van der Waals surface area (Å²) in [5.74, 6) is -2.70. The van der Waals surface area contributed by atoms with Crippen molar-refractivity contribution in [3.63, 3.8) is 0 Å². The number of hydrogen-bond donors (Lipinski definition) is 1. The summed E-state index contributed by atoms with van der Waals surface area (Å²) in [5, 5.41) is 2.93. The highest BCUT2D eigenvalue weighted by molar-refractivity contribution is 4.91. The van der Waals surface area contributed by atoms with Gasteiger partial charge in [0.15, 0.2) is 0 Å². The highest BCUT2D eigenvalue weighted by atomic mass is 19.3. The monoisotopic (exact) mass is 233 g/mol. The zero-order valence-corrected chi connectivity index (χ0v) is 10.1. The van der Waals surface area contributed by atoms with E-state index in [0.717, 1.165) is 32.1 Å². The molecular weight excluding hydrogens is 212 g/mol. The second-order valence-electron chi connectivity index (χ2n) is 6.01. The van der Waals surface area contributed by atoms with E-state index < -0.39 is 18.3 Å². The molecule has 1 saturated carbocycles. The van der Waals surface area contributed by atoms with Gasteiger partial charge in [0.05, 0.1) is 6.54 Å². The lowest BCUT2D eigenvalue weighted by Gasteiger charge is -2.41. The van der Waals surface area contributed by atoms with Crippen LogP contribution in [0.1, 0.15) is 46.0 Å². The van der Waals surface area contributed by atoms with Gasteiger partial charge in [-0.05, 0) is 37.5 Å². The number of alkyl halides is 2. The van der Waals surface area contributed by atoms with Crippen molar-refractivity contribution in [3.05, 3.63) is 0 Å². The molecule has 1 N–H and O–H groups in total. The van der Waals surface area contributed by atoms with Gasteiger partial charge in [0.1, 0.15) is 12.3 Å². The Balaban J connectivity index is 1.99. The smallest absolute Gasteiger partial charge is 0.283 e. The van der Waals surface area contributed by atoms with Crippen molar-refractivity contribution in [3.8, 4) is 0 Å². The summed E-state index contributed by atoms with van der Waals surface area (Å²) in [6.07, 6.45) is 4.93. The van der Waals surface area contributed by atoms with Gasteiger partial charge in [-0.2, -0.15) is 0 Å². The third kappa shape index (κ3) is 2.72. The van der Waals surface area contributed by atoms with E-state index in [4.69, 9.17) is 4.74 Å². The van der Waals surface area contributed by atoms with Crippen molar-refractivity contribution in [1.29, 1.82) is 0 Å². The molecule has 1 spiro atoms. The Morgan fingerprint density at radius 1 is 1.06 bits per heavy atom. The molecule has 0 amide bonds. The Kier molecular flexibility index (Phi) is 2.99. The molecule has 0 radical (unpaired) electrons. The quantitative estimate of drug-likeness (QED) is 0.694. The second kappa shape index (κ2) is 3.91. The zero-order valence-electron chi connectivity index (χ0n) is 10.1. The van der Waals surface area contributed by atoms with Gasteiger partial charge < -0.3 is 4.74 Å². The number of rotatable bonds is 0. The van der Waals surface area contributed by atoms with Crippen LogP contribution in [0.4, 0.5) is 8.78 Å². The van der Waals surface area contributed by atoms with Crippen LogP contribution in [-0.2, 0) is 4.74 Å². The molecule has 0 aromatic heterocycles. The molecule has 1 aliphatic heterocycles. The third-order valence-electron chi connectivity index (χ3n) is 3.87. The van der Waals surface area contributed by atoms with Crippen molar-refractivity contribution in [2.45, 2.75) is 57.6 Å². The predicted octanol–water partition coefficient (Wildman–Crippen LogP) is 2.93. The molecule has 0 aromatic rings. The van der Waals surface area contributed by atoms with Crippen molar-refractivity contribution in [1.82, 2.24) is 5.32 Å². The van der Waals surface area contributed by atoms with Crippen LogP contribution >= 0.6 is 0 Å². The fourth-order valence-corrected chi connectivity index (χ4v) is 2.60. The van der Waals surface area contributed by atoms with Gasteiger partial charge in [0, 0.05) is 0 Å². The van der Waals surface area contributed by atoms with Gasteiger partial charge in [-0.25, -0.2) is 8.78 Å². The number of hydrogen-bond acceptors (Lipinski definition) is 2. The van der Waals surface area contributed by atoms with Crippen LogP contribution in [0.15, 0.2) is 0 Å². The van der Waals surface area contributed by atoms with E-state index in [9.17, 15) is 8.78 Å². The summed E-state index contributed by atoms with van der Waals surface area (Å²) >= 11 is 0. The topological polar surface area (TPSA) is 21.3 Å². The molecule has 1 saturated heterocycles. The first-order chi connectivity index (χ1) is 7.33. The van der Waals surface area contributed by atoms with Gasteiger partial charge in [-0.1, -0.05) is 13.8 Å². The van der Waals surface area contributed by atoms with Crippen LogP contribution in [0.25, 0.3) is 0 Å². The normalized spacial score (nSPS) is 38.2. The van der Waals surface area contributed by atoms with Crippen molar-refractivity contribution < 1.29 is 13.5 Å². The third-order valence-corrected chi connectivity index (χ3v) is 3.87. The standard InChI is InChI=1S/C12H21F2NO/c1-10(2)4-3-5-12(7-6-10)15-8-11(13,14)9-16-12/h15H,3-9H2,1-2H3. The number of halogens is 2. The van der Waals surface area contributed by atoms with Crippen molar-refractivity contribution in [2.24, 2.45) is 5.41 Å². The average molecular weight is 233 g/mol. The molecule has 0 aromatic carbocycles. The lowest BCUT2D eigenvalue weighted by molar-refractivity contribution is -0.198. The Morgan fingerprint density at radius 3 is 2.44 bits per heavy atom. The second-order valence-corrected chi connectivity index (χ2v) is 6.01. The van der Waals surface area contributed by atoms with Crippen LogP contribution in [0.3, 0.4) is 0 Å². The van der Waals surface area contributed by atoms with Crippen LogP contribution < -0.4 is 5.32 Å². The molecule has 0 bridgehead atoms. The molecule has 2 nitrogen and oxygen atoms in total. The van der Waals surface area contributed by atoms with Crippen molar-refractivity contribution in [2.75, 3.05) is 13.2 Å². The molecule has 1 unspecified atom stereocenters. The van der Waals surface area contributed by atoms with E-state index >= 15 is 0 Å².